The Morgan fingerprint density at radius 1 is 1.14 bits per heavy atom. The molecular weight excluding hydrogens is 172 g/mol. The van der Waals surface area contributed by atoms with E-state index >= 15 is 0 Å². The molecule has 1 heteroatoms. The monoisotopic (exact) mass is 189 g/mol. The first-order chi connectivity index (χ1) is 6.65. The Labute approximate surface area is 86.1 Å². The number of hydrogen-bond donors (Lipinski definition) is 0. The number of rotatable bonds is 4. The normalized spacial score (nSPS) is 12.9. The molecule has 1 aromatic carbocycles. The fourth-order valence-electron chi connectivity index (χ4n) is 1.41. The van der Waals surface area contributed by atoms with E-state index < -0.39 is 0 Å². The Morgan fingerprint density at radius 2 is 1.71 bits per heavy atom. The molecule has 1 radical (unpaired) electrons. The molecule has 0 saturated carbocycles. The minimum Gasteiger partial charge on any atom is -0.291 e. The molecule has 0 N–H and O–H groups in total. The van der Waals surface area contributed by atoms with Crippen LogP contribution in [-0.4, -0.2) is 6.29 Å². The Morgan fingerprint density at radius 3 is 2.14 bits per heavy atom. The smallest absolute Gasteiger partial charge is 0.203 e. The molecule has 0 aromatic heterocycles. The molecule has 0 heterocycles. The lowest BCUT2D eigenvalue weighted by Crippen LogP contribution is -2.01. The van der Waals surface area contributed by atoms with Crippen LogP contribution in [0.1, 0.15) is 37.8 Å². The topological polar surface area (TPSA) is 17.1 Å². The van der Waals surface area contributed by atoms with E-state index in [0.717, 1.165) is 5.56 Å². The predicted molar refractivity (Wildman–Crippen MR) is 59.1 cm³/mol. The third kappa shape index (κ3) is 2.69. The van der Waals surface area contributed by atoms with E-state index in [1.807, 2.05) is 18.4 Å². The van der Waals surface area contributed by atoms with Crippen LogP contribution in [0.3, 0.4) is 0 Å². The predicted octanol–water partition coefficient (Wildman–Crippen LogP) is 3.10. The highest BCUT2D eigenvalue weighted by Crippen LogP contribution is 2.23. The summed E-state index contributed by atoms with van der Waals surface area (Å²) >= 11 is 0. The Kier molecular flexibility index (Phi) is 3.87. The van der Waals surface area contributed by atoms with Gasteiger partial charge in [0.2, 0.25) is 6.29 Å². The van der Waals surface area contributed by atoms with Crippen LogP contribution in [0.2, 0.25) is 0 Å². The van der Waals surface area contributed by atoms with Crippen LogP contribution in [0.15, 0.2) is 24.3 Å². The zero-order valence-electron chi connectivity index (χ0n) is 9.08. The fourth-order valence-corrected chi connectivity index (χ4v) is 1.41. The third-order valence-electron chi connectivity index (χ3n) is 2.78. The number of hydrogen-bond acceptors (Lipinski definition) is 1. The second-order valence-electron chi connectivity index (χ2n) is 4.10. The fraction of sp³-hybridized carbons (Fsp3) is 0.462. The van der Waals surface area contributed by atoms with Crippen molar-refractivity contribution in [3.8, 4) is 0 Å². The molecule has 0 amide bonds. The minimum atomic E-state index is 0.399. The highest BCUT2D eigenvalue weighted by molar-refractivity contribution is 5.55. The van der Waals surface area contributed by atoms with Gasteiger partial charge < -0.3 is 0 Å². The van der Waals surface area contributed by atoms with Crippen LogP contribution >= 0.6 is 0 Å². The summed E-state index contributed by atoms with van der Waals surface area (Å²) in [6.45, 7) is 6.67. The second-order valence-corrected chi connectivity index (χ2v) is 4.10. The van der Waals surface area contributed by atoms with E-state index in [4.69, 9.17) is 0 Å². The zero-order chi connectivity index (χ0) is 10.6. The Hall–Kier alpha value is -1.11. The first kappa shape index (κ1) is 11.0. The van der Waals surface area contributed by atoms with Crippen molar-refractivity contribution >= 4 is 6.29 Å². The van der Waals surface area contributed by atoms with Gasteiger partial charge in [0.05, 0.1) is 0 Å². The highest BCUT2D eigenvalue weighted by Gasteiger charge is 2.08. The summed E-state index contributed by atoms with van der Waals surface area (Å²) in [4.78, 5) is 10.2. The molecule has 1 rings (SSSR count). The molecule has 14 heavy (non-hydrogen) atoms. The van der Waals surface area contributed by atoms with Gasteiger partial charge in [-0.2, -0.15) is 0 Å². The van der Waals surface area contributed by atoms with Gasteiger partial charge in [-0.05, 0) is 23.0 Å². The molecule has 0 aliphatic carbocycles. The average Bonchev–Trinajstić information content (AvgIpc) is 2.18. The van der Waals surface area contributed by atoms with Crippen molar-refractivity contribution in [1.82, 2.24) is 0 Å². The molecule has 0 aliphatic heterocycles. The van der Waals surface area contributed by atoms with E-state index in [0.29, 0.717) is 18.3 Å². The van der Waals surface area contributed by atoms with Gasteiger partial charge in [0.15, 0.2) is 0 Å². The summed E-state index contributed by atoms with van der Waals surface area (Å²) in [5, 5.41) is 0. The summed E-state index contributed by atoms with van der Waals surface area (Å²) in [6.07, 6.45) is 2.30. The molecule has 0 aliphatic rings. The van der Waals surface area contributed by atoms with Crippen molar-refractivity contribution < 1.29 is 4.79 Å². The molecule has 0 spiro atoms. The molecule has 1 nitrogen and oxygen atoms in total. The van der Waals surface area contributed by atoms with E-state index in [2.05, 4.69) is 32.9 Å². The van der Waals surface area contributed by atoms with Gasteiger partial charge in [0.1, 0.15) is 0 Å². The molecule has 1 unspecified atom stereocenters. The lowest BCUT2D eigenvalue weighted by molar-refractivity contribution is 0.535. The maximum absolute atomic E-state index is 10.2. The molecule has 0 bridgehead atoms. The van der Waals surface area contributed by atoms with Crippen LogP contribution in [0.25, 0.3) is 0 Å². The van der Waals surface area contributed by atoms with E-state index in [9.17, 15) is 4.79 Å². The Bertz CT molecular complexity index is 285. The quantitative estimate of drug-likeness (QED) is 0.711. The van der Waals surface area contributed by atoms with Gasteiger partial charge in [0, 0.05) is 6.42 Å². The molecule has 75 valence electrons. The molecule has 1 atom stereocenters. The standard InChI is InChI=1S/C13H17O/c1-10(2)11(3)13-6-4-12(5-7-13)8-9-14/h4-7,10-11H,8H2,1-3H3. The Balaban J connectivity index is 2.77. The van der Waals surface area contributed by atoms with E-state index in [1.54, 1.807) is 0 Å². The van der Waals surface area contributed by atoms with E-state index in [-0.39, 0.29) is 0 Å². The average molecular weight is 189 g/mol. The van der Waals surface area contributed by atoms with Gasteiger partial charge in [-0.15, -0.1) is 0 Å². The third-order valence-corrected chi connectivity index (χ3v) is 2.78. The van der Waals surface area contributed by atoms with Gasteiger partial charge in [-0.1, -0.05) is 45.0 Å². The first-order valence-electron chi connectivity index (χ1n) is 5.09. The van der Waals surface area contributed by atoms with Crippen molar-refractivity contribution in [3.05, 3.63) is 35.4 Å². The number of carbonyl (C=O) groups excluding carboxylic acids is 1. The summed E-state index contributed by atoms with van der Waals surface area (Å²) in [6, 6.07) is 8.24. The largest absolute Gasteiger partial charge is 0.291 e. The van der Waals surface area contributed by atoms with E-state index in [1.165, 1.54) is 5.56 Å². The molecular formula is C13H17O. The van der Waals surface area contributed by atoms with Crippen molar-refractivity contribution in [3.63, 3.8) is 0 Å². The second kappa shape index (κ2) is 4.94. The maximum atomic E-state index is 10.2. The van der Waals surface area contributed by atoms with Crippen LogP contribution in [0.4, 0.5) is 0 Å². The van der Waals surface area contributed by atoms with Crippen LogP contribution in [0.5, 0.6) is 0 Å². The first-order valence-corrected chi connectivity index (χ1v) is 5.09. The lowest BCUT2D eigenvalue weighted by Gasteiger charge is -2.15. The summed E-state index contributed by atoms with van der Waals surface area (Å²) in [5.74, 6) is 1.22. The van der Waals surface area contributed by atoms with Gasteiger partial charge in [0.25, 0.3) is 0 Å². The number of benzene rings is 1. The molecule has 0 saturated heterocycles. The highest BCUT2D eigenvalue weighted by atomic mass is 16.1. The van der Waals surface area contributed by atoms with Crippen LogP contribution in [-0.2, 0) is 11.2 Å². The minimum absolute atomic E-state index is 0.399. The maximum Gasteiger partial charge on any atom is 0.203 e. The van der Waals surface area contributed by atoms with Crippen molar-refractivity contribution in [1.29, 1.82) is 0 Å². The van der Waals surface area contributed by atoms with Crippen molar-refractivity contribution in [2.75, 3.05) is 0 Å². The lowest BCUT2D eigenvalue weighted by atomic mass is 9.90. The molecule has 1 aromatic rings. The van der Waals surface area contributed by atoms with Crippen LogP contribution < -0.4 is 0 Å². The van der Waals surface area contributed by atoms with Crippen LogP contribution in [0, 0.1) is 5.92 Å². The van der Waals surface area contributed by atoms with Gasteiger partial charge in [-0.3, -0.25) is 4.79 Å². The SMILES string of the molecule is CC(C)C(C)c1ccc(C[C]=O)cc1. The van der Waals surface area contributed by atoms with Gasteiger partial charge in [-0.25, -0.2) is 0 Å². The summed E-state index contributed by atoms with van der Waals surface area (Å²) in [7, 11) is 0. The molecule has 0 fully saturated rings. The zero-order valence-corrected chi connectivity index (χ0v) is 9.08. The summed E-state index contributed by atoms with van der Waals surface area (Å²) < 4.78 is 0. The van der Waals surface area contributed by atoms with Crippen molar-refractivity contribution in [2.45, 2.75) is 33.1 Å². The summed E-state index contributed by atoms with van der Waals surface area (Å²) in [5.41, 5.74) is 2.38. The van der Waals surface area contributed by atoms with Gasteiger partial charge >= 0.3 is 0 Å². The van der Waals surface area contributed by atoms with Crippen molar-refractivity contribution in [2.24, 2.45) is 5.92 Å².